The molecular formula is C24H23ClFNO6S. The molecule has 0 radical (unpaired) electrons. The number of thiophene rings is 1. The monoisotopic (exact) mass is 507 g/mol. The van der Waals surface area contributed by atoms with Crippen molar-refractivity contribution in [2.24, 2.45) is 0 Å². The second-order valence-corrected chi connectivity index (χ2v) is 8.84. The van der Waals surface area contributed by atoms with E-state index >= 15 is 0 Å². The number of carbonyl (C=O) groups is 3. The van der Waals surface area contributed by atoms with E-state index in [1.807, 2.05) is 0 Å². The normalized spacial score (nSPS) is 13.7. The Hall–Kier alpha value is -3.35. The van der Waals surface area contributed by atoms with Crippen LogP contribution in [0.5, 0.6) is 5.75 Å². The molecule has 0 fully saturated rings. The Balaban J connectivity index is 0.000000589. The molecule has 0 aliphatic heterocycles. The zero-order valence-electron chi connectivity index (χ0n) is 18.5. The third-order valence-corrected chi connectivity index (χ3v) is 5.92. The van der Waals surface area contributed by atoms with Crippen LogP contribution in [0.4, 0.5) is 14.9 Å². The molecule has 0 bridgehead atoms. The number of ether oxygens (including phenoxy) is 1. The van der Waals surface area contributed by atoms with E-state index in [9.17, 15) is 29.0 Å². The molecule has 180 valence electrons. The Labute approximate surface area is 205 Å². The van der Waals surface area contributed by atoms with Crippen LogP contribution in [0.25, 0.3) is 0 Å². The summed E-state index contributed by atoms with van der Waals surface area (Å²) in [5.41, 5.74) is -0.979. The number of amides is 2. The van der Waals surface area contributed by atoms with Crippen molar-refractivity contribution in [3.63, 3.8) is 0 Å². The molecule has 10 heteroatoms. The zero-order chi connectivity index (χ0) is 25.4. The lowest BCUT2D eigenvalue weighted by Gasteiger charge is -2.24. The SMILES string of the molecule is C#CC(C)Oc1cc(N(C(=O)O)C(=O)C2=C(C(=O)O)CCCC2)c(F)cc1Cl.Cc1cccs1. The van der Waals surface area contributed by atoms with Gasteiger partial charge in [0.25, 0.3) is 5.91 Å². The lowest BCUT2D eigenvalue weighted by molar-refractivity contribution is -0.133. The van der Waals surface area contributed by atoms with Gasteiger partial charge >= 0.3 is 12.1 Å². The first kappa shape index (κ1) is 26.9. The van der Waals surface area contributed by atoms with Crippen molar-refractivity contribution in [2.45, 2.75) is 45.6 Å². The summed E-state index contributed by atoms with van der Waals surface area (Å²) in [6.07, 6.45) is 3.98. The first-order valence-corrected chi connectivity index (χ1v) is 11.5. The van der Waals surface area contributed by atoms with Crippen LogP contribution in [0.1, 0.15) is 37.5 Å². The van der Waals surface area contributed by atoms with Crippen LogP contribution >= 0.6 is 22.9 Å². The van der Waals surface area contributed by atoms with E-state index in [0.29, 0.717) is 12.8 Å². The van der Waals surface area contributed by atoms with E-state index in [4.69, 9.17) is 22.8 Å². The van der Waals surface area contributed by atoms with Gasteiger partial charge in [-0.25, -0.2) is 18.9 Å². The highest BCUT2D eigenvalue weighted by Crippen LogP contribution is 2.35. The first-order valence-electron chi connectivity index (χ1n) is 10.2. The average Bonchev–Trinajstić information content (AvgIpc) is 3.27. The molecule has 34 heavy (non-hydrogen) atoms. The summed E-state index contributed by atoms with van der Waals surface area (Å²) >= 11 is 7.69. The fourth-order valence-electron chi connectivity index (χ4n) is 3.18. The Morgan fingerprint density at radius 3 is 2.35 bits per heavy atom. The minimum absolute atomic E-state index is 0.0803. The van der Waals surface area contributed by atoms with Crippen molar-refractivity contribution in [3.8, 4) is 18.1 Å². The minimum Gasteiger partial charge on any atom is -0.478 e. The Morgan fingerprint density at radius 1 is 1.24 bits per heavy atom. The second-order valence-electron chi connectivity index (χ2n) is 7.28. The van der Waals surface area contributed by atoms with E-state index in [2.05, 4.69) is 30.4 Å². The standard InChI is InChI=1S/C19H17ClFNO6.C5H6S/c1-3-10(2)28-16-9-15(14(21)8-13(16)20)22(19(26)27)17(23)11-6-4-5-7-12(11)18(24)25;1-5-3-2-4-6-5/h1,8-10H,4-7H2,2H3,(H,24,25)(H,26,27);2-4H,1H3. The van der Waals surface area contributed by atoms with Crippen molar-refractivity contribution >= 4 is 46.6 Å². The van der Waals surface area contributed by atoms with Crippen LogP contribution in [-0.2, 0) is 9.59 Å². The van der Waals surface area contributed by atoms with Crippen molar-refractivity contribution in [1.29, 1.82) is 0 Å². The molecule has 7 nitrogen and oxygen atoms in total. The van der Waals surface area contributed by atoms with Gasteiger partial charge in [0, 0.05) is 22.1 Å². The van der Waals surface area contributed by atoms with Crippen LogP contribution in [0.2, 0.25) is 5.02 Å². The summed E-state index contributed by atoms with van der Waals surface area (Å²) in [6.45, 7) is 3.62. The second kappa shape index (κ2) is 12.2. The number of aliphatic carboxylic acids is 1. The maximum absolute atomic E-state index is 14.5. The number of imide groups is 1. The number of anilines is 1. The number of hydrogen-bond donors (Lipinski definition) is 2. The molecule has 1 aliphatic carbocycles. The smallest absolute Gasteiger partial charge is 0.419 e. The average molecular weight is 508 g/mol. The number of hydrogen-bond acceptors (Lipinski definition) is 5. The number of carboxylic acids is 1. The summed E-state index contributed by atoms with van der Waals surface area (Å²) in [4.78, 5) is 37.5. The molecular weight excluding hydrogens is 485 g/mol. The van der Waals surface area contributed by atoms with Gasteiger partial charge in [0.2, 0.25) is 0 Å². The summed E-state index contributed by atoms with van der Waals surface area (Å²) in [5, 5.41) is 20.7. The van der Waals surface area contributed by atoms with Crippen molar-refractivity contribution in [1.82, 2.24) is 0 Å². The summed E-state index contributed by atoms with van der Waals surface area (Å²) in [5.74, 6) is -1.36. The molecule has 1 unspecified atom stereocenters. The number of nitrogens with zero attached hydrogens (tertiary/aromatic N) is 1. The molecule has 3 rings (SSSR count). The Bertz CT molecular complexity index is 1140. The molecule has 2 N–H and O–H groups in total. The first-order chi connectivity index (χ1) is 16.1. The predicted molar refractivity (Wildman–Crippen MR) is 128 cm³/mol. The van der Waals surface area contributed by atoms with Gasteiger partial charge in [-0.15, -0.1) is 17.8 Å². The van der Waals surface area contributed by atoms with Gasteiger partial charge in [-0.3, -0.25) is 4.79 Å². The molecule has 2 aromatic rings. The highest BCUT2D eigenvalue weighted by Gasteiger charge is 2.33. The number of terminal acetylenes is 1. The maximum atomic E-state index is 14.5. The van der Waals surface area contributed by atoms with Gasteiger partial charge in [0.1, 0.15) is 11.6 Å². The molecule has 1 heterocycles. The third kappa shape index (κ3) is 6.83. The van der Waals surface area contributed by atoms with Gasteiger partial charge in [-0.2, -0.15) is 0 Å². The fourth-order valence-corrected chi connectivity index (χ4v) is 3.90. The number of rotatable bonds is 5. The van der Waals surface area contributed by atoms with Crippen LogP contribution in [-0.4, -0.2) is 34.3 Å². The highest BCUT2D eigenvalue weighted by molar-refractivity contribution is 7.09. The maximum Gasteiger partial charge on any atom is 0.419 e. The van der Waals surface area contributed by atoms with Gasteiger partial charge in [-0.1, -0.05) is 23.6 Å². The van der Waals surface area contributed by atoms with Gasteiger partial charge in [-0.05, 0) is 57.0 Å². The number of aryl methyl sites for hydroxylation is 1. The quantitative estimate of drug-likeness (QED) is 0.488. The van der Waals surface area contributed by atoms with Gasteiger partial charge in [0.05, 0.1) is 10.7 Å². The topological polar surface area (TPSA) is 104 Å². The molecule has 0 saturated carbocycles. The highest BCUT2D eigenvalue weighted by atomic mass is 35.5. The molecule has 0 saturated heterocycles. The van der Waals surface area contributed by atoms with Crippen molar-refractivity contribution in [2.75, 3.05) is 4.90 Å². The van der Waals surface area contributed by atoms with Crippen LogP contribution in [0, 0.1) is 25.1 Å². The van der Waals surface area contributed by atoms with Crippen molar-refractivity contribution in [3.05, 3.63) is 56.5 Å². The van der Waals surface area contributed by atoms with Crippen LogP contribution < -0.4 is 9.64 Å². The van der Waals surface area contributed by atoms with E-state index in [-0.39, 0.29) is 39.7 Å². The largest absolute Gasteiger partial charge is 0.478 e. The third-order valence-electron chi connectivity index (χ3n) is 4.82. The summed E-state index contributed by atoms with van der Waals surface area (Å²) in [7, 11) is 0. The summed E-state index contributed by atoms with van der Waals surface area (Å²) < 4.78 is 19.8. The molecule has 1 aliphatic rings. The number of carboxylic acid groups (broad SMARTS) is 2. The van der Waals surface area contributed by atoms with Crippen LogP contribution in [0.3, 0.4) is 0 Å². The van der Waals surface area contributed by atoms with E-state index < -0.39 is 35.6 Å². The van der Waals surface area contributed by atoms with Crippen LogP contribution in [0.15, 0.2) is 40.8 Å². The molecule has 1 aromatic heterocycles. The summed E-state index contributed by atoms with van der Waals surface area (Å²) in [6, 6.07) is 5.90. The van der Waals surface area contributed by atoms with E-state index in [1.54, 1.807) is 11.3 Å². The van der Waals surface area contributed by atoms with E-state index in [1.165, 1.54) is 11.8 Å². The molecule has 0 spiro atoms. The van der Waals surface area contributed by atoms with Gasteiger partial charge < -0.3 is 14.9 Å². The fraction of sp³-hybridized carbons (Fsp3) is 0.292. The lowest BCUT2D eigenvalue weighted by atomic mass is 9.90. The number of benzene rings is 1. The van der Waals surface area contributed by atoms with E-state index in [0.717, 1.165) is 12.1 Å². The number of carbonyl (C=O) groups excluding carboxylic acids is 1. The van der Waals surface area contributed by atoms with Gasteiger partial charge in [0.15, 0.2) is 6.10 Å². The molecule has 2 amide bonds. The number of halogens is 2. The lowest BCUT2D eigenvalue weighted by Crippen LogP contribution is -2.39. The van der Waals surface area contributed by atoms with Crippen molar-refractivity contribution < 1.29 is 33.7 Å². The predicted octanol–water partition coefficient (Wildman–Crippen LogP) is 5.90. The Morgan fingerprint density at radius 2 is 1.88 bits per heavy atom. The molecule has 1 aromatic carbocycles. The minimum atomic E-state index is -1.77. The molecule has 1 atom stereocenters. The zero-order valence-corrected chi connectivity index (χ0v) is 20.1. The Kier molecular flexibility index (Phi) is 9.66.